The molecule has 6 heteroatoms. The van der Waals surface area contributed by atoms with Crippen LogP contribution in [0.15, 0.2) is 42.5 Å². The zero-order chi connectivity index (χ0) is 18.8. The van der Waals surface area contributed by atoms with E-state index in [1.165, 1.54) is 5.56 Å². The van der Waals surface area contributed by atoms with E-state index in [0.29, 0.717) is 0 Å². The Morgan fingerprint density at radius 1 is 1.11 bits per heavy atom. The van der Waals surface area contributed by atoms with E-state index in [4.69, 9.17) is 15.5 Å². The number of piperazine rings is 1. The molecule has 1 aliphatic rings. The van der Waals surface area contributed by atoms with Crippen LogP contribution < -0.4 is 15.4 Å². The highest BCUT2D eigenvalue weighted by molar-refractivity contribution is 5.78. The normalized spacial score (nSPS) is 16.6. The number of H-pyrrole nitrogens is 1. The van der Waals surface area contributed by atoms with Crippen LogP contribution in [-0.4, -0.2) is 54.7 Å². The summed E-state index contributed by atoms with van der Waals surface area (Å²) in [5.41, 5.74) is 10.9. The first-order valence-corrected chi connectivity index (χ1v) is 9.47. The van der Waals surface area contributed by atoms with Gasteiger partial charge in [-0.2, -0.15) is 0 Å². The Morgan fingerprint density at radius 3 is 2.63 bits per heavy atom. The summed E-state index contributed by atoms with van der Waals surface area (Å²) in [5.74, 6) is 1.80. The fraction of sp³-hybridized carbons (Fsp3) is 0.381. The largest absolute Gasteiger partial charge is 0.495 e. The summed E-state index contributed by atoms with van der Waals surface area (Å²) < 4.78 is 5.50. The van der Waals surface area contributed by atoms with Crippen LogP contribution in [0.4, 0.5) is 5.69 Å². The van der Waals surface area contributed by atoms with E-state index < -0.39 is 0 Å². The molecule has 0 radical (unpaired) electrons. The van der Waals surface area contributed by atoms with Crippen molar-refractivity contribution in [1.29, 1.82) is 0 Å². The van der Waals surface area contributed by atoms with E-state index in [0.717, 1.165) is 61.0 Å². The van der Waals surface area contributed by atoms with Crippen molar-refractivity contribution in [2.45, 2.75) is 13.0 Å². The second kappa shape index (κ2) is 7.58. The third kappa shape index (κ3) is 3.63. The smallest absolute Gasteiger partial charge is 0.142 e. The van der Waals surface area contributed by atoms with Crippen LogP contribution >= 0.6 is 0 Å². The number of aromatic nitrogens is 2. The van der Waals surface area contributed by atoms with Crippen LogP contribution in [0.2, 0.25) is 0 Å². The van der Waals surface area contributed by atoms with Gasteiger partial charge >= 0.3 is 0 Å². The fourth-order valence-corrected chi connectivity index (χ4v) is 3.80. The lowest BCUT2D eigenvalue weighted by atomic mass is 10.2. The van der Waals surface area contributed by atoms with E-state index in [9.17, 15) is 0 Å². The minimum Gasteiger partial charge on any atom is -0.495 e. The first-order chi connectivity index (χ1) is 13.2. The van der Waals surface area contributed by atoms with Gasteiger partial charge in [-0.05, 0) is 30.7 Å². The summed E-state index contributed by atoms with van der Waals surface area (Å²) in [5, 5.41) is 0. The average Bonchev–Trinajstić information content (AvgIpc) is 3.14. The first-order valence-electron chi connectivity index (χ1n) is 9.47. The van der Waals surface area contributed by atoms with Gasteiger partial charge in [0.2, 0.25) is 0 Å². The molecule has 142 valence electrons. The number of methoxy groups -OCH3 is 1. The van der Waals surface area contributed by atoms with Gasteiger partial charge in [0.25, 0.3) is 0 Å². The zero-order valence-corrected chi connectivity index (χ0v) is 16.0. The molecule has 0 aliphatic carbocycles. The molecule has 3 N–H and O–H groups in total. The van der Waals surface area contributed by atoms with Gasteiger partial charge in [-0.15, -0.1) is 0 Å². The lowest BCUT2D eigenvalue weighted by Crippen LogP contribution is -2.48. The van der Waals surface area contributed by atoms with E-state index in [1.807, 2.05) is 18.2 Å². The number of para-hydroxylation sites is 3. The molecule has 3 aromatic rings. The number of hydrogen-bond acceptors (Lipinski definition) is 5. The Bertz CT molecular complexity index is 914. The Hall–Kier alpha value is -2.57. The van der Waals surface area contributed by atoms with Gasteiger partial charge in [0.1, 0.15) is 11.6 Å². The molecule has 1 fully saturated rings. The van der Waals surface area contributed by atoms with Crippen molar-refractivity contribution in [2.75, 3.05) is 44.7 Å². The fourth-order valence-electron chi connectivity index (χ4n) is 3.80. The minimum absolute atomic E-state index is 0.116. The molecule has 6 nitrogen and oxygen atoms in total. The summed E-state index contributed by atoms with van der Waals surface area (Å²) in [7, 11) is 1.73. The third-order valence-electron chi connectivity index (χ3n) is 5.34. The van der Waals surface area contributed by atoms with Gasteiger partial charge in [-0.1, -0.05) is 24.3 Å². The predicted octanol–water partition coefficient (Wildman–Crippen LogP) is 2.70. The number of fused-ring (bicyclic) bond motifs is 1. The molecule has 2 aromatic carbocycles. The van der Waals surface area contributed by atoms with Gasteiger partial charge in [0.15, 0.2) is 0 Å². The molecule has 0 spiro atoms. The van der Waals surface area contributed by atoms with Crippen molar-refractivity contribution < 1.29 is 4.74 Å². The van der Waals surface area contributed by atoms with E-state index >= 15 is 0 Å². The Labute approximate surface area is 159 Å². The summed E-state index contributed by atoms with van der Waals surface area (Å²) in [6.07, 6.45) is 0. The Morgan fingerprint density at radius 2 is 1.89 bits per heavy atom. The number of aromatic amines is 1. The number of anilines is 1. The number of nitrogens with zero attached hydrogens (tertiary/aromatic N) is 3. The van der Waals surface area contributed by atoms with Gasteiger partial charge in [-0.25, -0.2) is 4.98 Å². The minimum atomic E-state index is -0.116. The zero-order valence-electron chi connectivity index (χ0n) is 16.0. The molecule has 0 saturated carbocycles. The lowest BCUT2D eigenvalue weighted by molar-refractivity contribution is 0.240. The molecule has 0 bridgehead atoms. The molecule has 1 aliphatic heterocycles. The van der Waals surface area contributed by atoms with Crippen molar-refractivity contribution >= 4 is 16.7 Å². The summed E-state index contributed by atoms with van der Waals surface area (Å²) in [4.78, 5) is 12.9. The van der Waals surface area contributed by atoms with Crippen molar-refractivity contribution in [3.8, 4) is 5.75 Å². The van der Waals surface area contributed by atoms with Crippen LogP contribution in [0.1, 0.15) is 17.4 Å². The van der Waals surface area contributed by atoms with E-state index in [1.54, 1.807) is 7.11 Å². The molecule has 1 saturated heterocycles. The number of nitrogens with one attached hydrogen (secondary N) is 1. The van der Waals surface area contributed by atoms with Crippen molar-refractivity contribution in [3.05, 3.63) is 53.9 Å². The Kier molecular flexibility index (Phi) is 5.01. The number of nitrogens with two attached hydrogens (primary N) is 1. The van der Waals surface area contributed by atoms with Crippen LogP contribution in [0.5, 0.6) is 5.75 Å². The van der Waals surface area contributed by atoms with Crippen LogP contribution in [0.3, 0.4) is 0 Å². The maximum absolute atomic E-state index is 6.46. The van der Waals surface area contributed by atoms with E-state index in [2.05, 4.69) is 46.0 Å². The second-order valence-corrected chi connectivity index (χ2v) is 7.16. The number of benzene rings is 2. The molecular formula is C21H27N5O. The second-order valence-electron chi connectivity index (χ2n) is 7.16. The molecule has 4 rings (SSSR count). The lowest BCUT2D eigenvalue weighted by Gasteiger charge is -2.37. The number of imidazole rings is 1. The molecule has 2 heterocycles. The van der Waals surface area contributed by atoms with Crippen LogP contribution in [0.25, 0.3) is 11.0 Å². The topological polar surface area (TPSA) is 70.4 Å². The quantitative estimate of drug-likeness (QED) is 0.727. The summed E-state index contributed by atoms with van der Waals surface area (Å²) in [6.45, 7) is 6.77. The maximum Gasteiger partial charge on any atom is 0.142 e. The van der Waals surface area contributed by atoms with Gasteiger partial charge in [-0.3, -0.25) is 4.90 Å². The number of hydrogen-bond donors (Lipinski definition) is 2. The molecule has 27 heavy (non-hydrogen) atoms. The van der Waals surface area contributed by atoms with Gasteiger partial charge in [0, 0.05) is 32.7 Å². The highest BCUT2D eigenvalue weighted by atomic mass is 16.5. The summed E-state index contributed by atoms with van der Waals surface area (Å²) in [6, 6.07) is 14.3. The first kappa shape index (κ1) is 17.8. The van der Waals surface area contributed by atoms with Gasteiger partial charge in [0.05, 0.1) is 29.9 Å². The number of aryl methyl sites for hydroxylation is 1. The average molecular weight is 365 g/mol. The van der Waals surface area contributed by atoms with Crippen molar-refractivity contribution in [1.82, 2.24) is 14.9 Å². The maximum atomic E-state index is 6.46. The summed E-state index contributed by atoms with van der Waals surface area (Å²) >= 11 is 0. The predicted molar refractivity (Wildman–Crippen MR) is 109 cm³/mol. The molecule has 1 aromatic heterocycles. The standard InChI is InChI=1S/C21H27N5O/c1-15-6-5-7-17-20(15)24-21(23-17)16(22)14-25-10-12-26(13-11-25)18-8-3-4-9-19(18)27-2/h3-9,16H,10-14,22H2,1-2H3,(H,23,24). The highest BCUT2D eigenvalue weighted by Crippen LogP contribution is 2.28. The van der Waals surface area contributed by atoms with Crippen LogP contribution in [0, 0.1) is 6.92 Å². The van der Waals surface area contributed by atoms with Gasteiger partial charge < -0.3 is 20.4 Å². The molecule has 0 amide bonds. The van der Waals surface area contributed by atoms with Crippen LogP contribution in [-0.2, 0) is 0 Å². The van der Waals surface area contributed by atoms with Crippen molar-refractivity contribution in [3.63, 3.8) is 0 Å². The number of ether oxygens (including phenoxy) is 1. The monoisotopic (exact) mass is 365 g/mol. The number of rotatable bonds is 5. The SMILES string of the molecule is COc1ccccc1N1CCN(CC(N)c2nc3c(C)cccc3[nH]2)CC1. The Balaban J connectivity index is 1.39. The molecule has 1 atom stereocenters. The third-order valence-corrected chi connectivity index (χ3v) is 5.34. The highest BCUT2D eigenvalue weighted by Gasteiger charge is 2.22. The van der Waals surface area contributed by atoms with E-state index in [-0.39, 0.29) is 6.04 Å². The molecule has 1 unspecified atom stereocenters. The molecular weight excluding hydrogens is 338 g/mol. The van der Waals surface area contributed by atoms with Crippen molar-refractivity contribution in [2.24, 2.45) is 5.73 Å².